The smallest absolute Gasteiger partial charge is 0.335 e. The molecule has 0 bridgehead atoms. The van der Waals surface area contributed by atoms with Gasteiger partial charge in [0.15, 0.2) is 0 Å². The molecule has 0 saturated heterocycles. The Hall–Kier alpha value is -1.81. The molecule has 0 spiro atoms. The zero-order chi connectivity index (χ0) is 11.3. The highest BCUT2D eigenvalue weighted by atomic mass is 16.4. The average Bonchev–Trinajstić information content (AvgIpc) is 2.20. The van der Waals surface area contributed by atoms with Crippen molar-refractivity contribution in [1.29, 1.82) is 0 Å². The van der Waals surface area contributed by atoms with E-state index in [1.54, 1.807) is 6.07 Å². The molecule has 1 aromatic carbocycles. The van der Waals surface area contributed by atoms with Crippen molar-refractivity contribution in [3.8, 4) is 0 Å². The number of aromatic carboxylic acids is 1. The van der Waals surface area contributed by atoms with Gasteiger partial charge in [-0.1, -0.05) is 18.2 Å². The maximum absolute atomic E-state index is 10.6. The first-order chi connectivity index (χ1) is 7.15. The summed E-state index contributed by atoms with van der Waals surface area (Å²) in [5.41, 5.74) is 12.5. The molecule has 15 heavy (non-hydrogen) atoms. The van der Waals surface area contributed by atoms with Gasteiger partial charge in [-0.15, -0.1) is 0 Å². The van der Waals surface area contributed by atoms with Crippen LogP contribution in [-0.4, -0.2) is 17.6 Å². The topological polar surface area (TPSA) is 89.3 Å². The number of carboxylic acids is 1. The van der Waals surface area contributed by atoms with Crippen LogP contribution < -0.4 is 11.5 Å². The third kappa shape index (κ3) is 3.11. The molecule has 0 saturated carbocycles. The van der Waals surface area contributed by atoms with Crippen LogP contribution in [0, 0.1) is 0 Å². The lowest BCUT2D eigenvalue weighted by Gasteiger charge is -2.01. The van der Waals surface area contributed by atoms with Crippen LogP contribution in [-0.2, 0) is 0 Å². The van der Waals surface area contributed by atoms with Gasteiger partial charge in [0.25, 0.3) is 0 Å². The molecule has 0 aromatic heterocycles. The number of nitrogen functional groups attached to an aromatic ring is 1. The van der Waals surface area contributed by atoms with Gasteiger partial charge in [-0.3, -0.25) is 0 Å². The number of hydrogen-bond donors (Lipinski definition) is 3. The maximum Gasteiger partial charge on any atom is 0.335 e. The number of benzene rings is 1. The highest BCUT2D eigenvalue weighted by Gasteiger charge is 2.03. The van der Waals surface area contributed by atoms with Crippen LogP contribution in [0.4, 0.5) is 5.69 Å². The molecule has 4 nitrogen and oxygen atoms in total. The normalized spacial score (nSPS) is 10.7. The second-order valence-electron chi connectivity index (χ2n) is 3.13. The quantitative estimate of drug-likeness (QED) is 0.648. The van der Waals surface area contributed by atoms with Gasteiger partial charge in [0, 0.05) is 5.69 Å². The molecular weight excluding hydrogens is 192 g/mol. The van der Waals surface area contributed by atoms with Crippen LogP contribution in [0.1, 0.15) is 22.3 Å². The number of rotatable bonds is 4. The van der Waals surface area contributed by atoms with Crippen LogP contribution in [0.15, 0.2) is 24.3 Å². The van der Waals surface area contributed by atoms with E-state index in [0.717, 1.165) is 12.0 Å². The minimum Gasteiger partial charge on any atom is -0.478 e. The molecule has 0 unspecified atom stereocenters. The van der Waals surface area contributed by atoms with Crippen molar-refractivity contribution in [3.63, 3.8) is 0 Å². The van der Waals surface area contributed by atoms with Gasteiger partial charge in [-0.05, 0) is 30.7 Å². The summed E-state index contributed by atoms with van der Waals surface area (Å²) in [5.74, 6) is -0.973. The van der Waals surface area contributed by atoms with Gasteiger partial charge in [-0.2, -0.15) is 0 Å². The molecule has 0 radical (unpaired) electrons. The number of carboxylic acid groups (broad SMARTS) is 1. The van der Waals surface area contributed by atoms with Gasteiger partial charge < -0.3 is 16.6 Å². The fourth-order valence-corrected chi connectivity index (χ4v) is 1.17. The van der Waals surface area contributed by atoms with Gasteiger partial charge in [0.1, 0.15) is 0 Å². The summed E-state index contributed by atoms with van der Waals surface area (Å²) in [4.78, 5) is 10.6. The average molecular weight is 206 g/mol. The number of anilines is 1. The van der Waals surface area contributed by atoms with Crippen molar-refractivity contribution in [1.82, 2.24) is 0 Å². The minimum atomic E-state index is -0.973. The van der Waals surface area contributed by atoms with E-state index < -0.39 is 5.97 Å². The van der Waals surface area contributed by atoms with E-state index in [1.165, 1.54) is 12.1 Å². The van der Waals surface area contributed by atoms with E-state index in [2.05, 4.69) is 0 Å². The Balaban J connectivity index is 2.88. The predicted molar refractivity (Wildman–Crippen MR) is 60.5 cm³/mol. The number of carbonyl (C=O) groups is 1. The van der Waals surface area contributed by atoms with Crippen LogP contribution in [0.3, 0.4) is 0 Å². The van der Waals surface area contributed by atoms with Gasteiger partial charge in [0.05, 0.1) is 5.56 Å². The van der Waals surface area contributed by atoms with Crippen LogP contribution in [0.2, 0.25) is 0 Å². The lowest BCUT2D eigenvalue weighted by atomic mass is 10.1. The molecule has 4 heteroatoms. The fraction of sp³-hybridized carbons (Fsp3) is 0.182. The zero-order valence-electron chi connectivity index (χ0n) is 8.31. The molecule has 0 amide bonds. The molecule has 0 aliphatic heterocycles. The summed E-state index contributed by atoms with van der Waals surface area (Å²) < 4.78 is 0. The predicted octanol–water partition coefficient (Wildman–Crippen LogP) is 1.33. The Morgan fingerprint density at radius 1 is 1.47 bits per heavy atom. The Morgan fingerprint density at radius 2 is 2.20 bits per heavy atom. The Morgan fingerprint density at radius 3 is 2.73 bits per heavy atom. The van der Waals surface area contributed by atoms with Crippen LogP contribution in [0.25, 0.3) is 6.08 Å². The van der Waals surface area contributed by atoms with E-state index >= 15 is 0 Å². The Bertz CT molecular complexity index is 386. The van der Waals surface area contributed by atoms with E-state index in [4.69, 9.17) is 16.6 Å². The lowest BCUT2D eigenvalue weighted by Crippen LogP contribution is -1.99. The van der Waals surface area contributed by atoms with Gasteiger partial charge >= 0.3 is 5.97 Å². The number of hydrogen-bond acceptors (Lipinski definition) is 3. The van der Waals surface area contributed by atoms with E-state index in [-0.39, 0.29) is 5.56 Å². The van der Waals surface area contributed by atoms with Crippen molar-refractivity contribution in [2.75, 3.05) is 12.3 Å². The first-order valence-electron chi connectivity index (χ1n) is 4.64. The minimum absolute atomic E-state index is 0.198. The summed E-state index contributed by atoms with van der Waals surface area (Å²) in [6.45, 7) is 0.587. The third-order valence-electron chi connectivity index (χ3n) is 1.96. The monoisotopic (exact) mass is 206 g/mol. The van der Waals surface area contributed by atoms with Crippen molar-refractivity contribution < 1.29 is 9.90 Å². The lowest BCUT2D eigenvalue weighted by molar-refractivity contribution is 0.0697. The maximum atomic E-state index is 10.6. The van der Waals surface area contributed by atoms with Crippen molar-refractivity contribution in [2.24, 2.45) is 5.73 Å². The van der Waals surface area contributed by atoms with Gasteiger partial charge in [-0.25, -0.2) is 4.79 Å². The summed E-state index contributed by atoms with van der Waals surface area (Å²) >= 11 is 0. The van der Waals surface area contributed by atoms with E-state index in [0.29, 0.717) is 12.2 Å². The van der Waals surface area contributed by atoms with Crippen LogP contribution in [0.5, 0.6) is 0 Å². The molecule has 0 aliphatic rings. The molecule has 80 valence electrons. The van der Waals surface area contributed by atoms with Crippen molar-refractivity contribution in [2.45, 2.75) is 6.42 Å². The zero-order valence-corrected chi connectivity index (χ0v) is 8.31. The first kappa shape index (κ1) is 11.3. The molecule has 0 atom stereocenters. The first-order valence-corrected chi connectivity index (χ1v) is 4.64. The second kappa shape index (κ2) is 5.17. The molecular formula is C11H14N2O2. The second-order valence-corrected chi connectivity index (χ2v) is 3.13. The van der Waals surface area contributed by atoms with Crippen molar-refractivity contribution >= 4 is 17.7 Å². The van der Waals surface area contributed by atoms with E-state index in [9.17, 15) is 4.79 Å². The molecule has 5 N–H and O–H groups in total. The summed E-state index contributed by atoms with van der Waals surface area (Å²) in [6, 6.07) is 4.66. The molecule has 1 aromatic rings. The number of nitrogens with two attached hydrogens (primary N) is 2. The third-order valence-corrected chi connectivity index (χ3v) is 1.96. The summed E-state index contributed by atoms with van der Waals surface area (Å²) in [6.07, 6.45) is 4.53. The Labute approximate surface area is 88.2 Å². The molecule has 0 heterocycles. The summed E-state index contributed by atoms with van der Waals surface area (Å²) in [5, 5.41) is 8.72. The van der Waals surface area contributed by atoms with E-state index in [1.807, 2.05) is 12.2 Å². The fourth-order valence-electron chi connectivity index (χ4n) is 1.17. The largest absolute Gasteiger partial charge is 0.478 e. The van der Waals surface area contributed by atoms with Crippen molar-refractivity contribution in [3.05, 3.63) is 35.4 Å². The molecule has 0 fully saturated rings. The van der Waals surface area contributed by atoms with Gasteiger partial charge in [0.2, 0.25) is 0 Å². The standard InChI is InChI=1S/C11H14N2O2/c12-6-2-1-3-8-4-5-9(11(14)15)7-10(8)13/h1,3-5,7H,2,6,12-13H2,(H,14,15). The summed E-state index contributed by atoms with van der Waals surface area (Å²) in [7, 11) is 0. The molecule has 0 aliphatic carbocycles. The highest BCUT2D eigenvalue weighted by Crippen LogP contribution is 2.16. The highest BCUT2D eigenvalue weighted by molar-refractivity contribution is 5.89. The van der Waals surface area contributed by atoms with Crippen LogP contribution >= 0.6 is 0 Å². The SMILES string of the molecule is NCCC=Cc1ccc(C(=O)O)cc1N. The Kier molecular flexibility index (Phi) is 3.88. The molecule has 1 rings (SSSR count).